The van der Waals surface area contributed by atoms with Crippen molar-refractivity contribution < 1.29 is 4.79 Å². The quantitative estimate of drug-likeness (QED) is 0.900. The van der Waals surface area contributed by atoms with Crippen molar-refractivity contribution in [2.24, 2.45) is 11.7 Å². The SMILES string of the molecule is Cc1cc(Cl)c(N2CC(CN)CC2=O)cc1Cl. The lowest BCUT2D eigenvalue weighted by atomic mass is 10.1. The van der Waals surface area contributed by atoms with Gasteiger partial charge in [-0.1, -0.05) is 23.2 Å². The van der Waals surface area contributed by atoms with Crippen LogP contribution < -0.4 is 10.6 Å². The molecule has 1 fully saturated rings. The fourth-order valence-corrected chi connectivity index (χ4v) is 2.49. The Bertz CT molecular complexity index is 462. The van der Waals surface area contributed by atoms with Gasteiger partial charge in [-0.3, -0.25) is 4.79 Å². The van der Waals surface area contributed by atoms with Crippen molar-refractivity contribution >= 4 is 34.8 Å². The normalized spacial score (nSPS) is 20.1. The van der Waals surface area contributed by atoms with Crippen LogP contribution in [0.1, 0.15) is 12.0 Å². The second-order valence-electron chi connectivity index (χ2n) is 4.36. The van der Waals surface area contributed by atoms with Crippen molar-refractivity contribution in [3.8, 4) is 0 Å². The van der Waals surface area contributed by atoms with Gasteiger partial charge in [-0.2, -0.15) is 0 Å². The minimum atomic E-state index is 0.0577. The van der Waals surface area contributed by atoms with Gasteiger partial charge in [0.1, 0.15) is 0 Å². The molecule has 1 heterocycles. The Morgan fingerprint density at radius 1 is 1.41 bits per heavy atom. The molecule has 92 valence electrons. The number of amides is 1. The lowest BCUT2D eigenvalue weighted by molar-refractivity contribution is -0.117. The second-order valence-corrected chi connectivity index (χ2v) is 5.18. The van der Waals surface area contributed by atoms with E-state index in [1.165, 1.54) is 0 Å². The number of halogens is 2. The Labute approximate surface area is 110 Å². The average molecular weight is 273 g/mol. The fraction of sp³-hybridized carbons (Fsp3) is 0.417. The first-order valence-corrected chi connectivity index (χ1v) is 6.24. The van der Waals surface area contributed by atoms with Gasteiger partial charge in [0.2, 0.25) is 5.91 Å². The van der Waals surface area contributed by atoms with E-state index in [1.807, 2.05) is 6.92 Å². The summed E-state index contributed by atoms with van der Waals surface area (Å²) in [7, 11) is 0. The standard InChI is InChI=1S/C12H14Cl2N2O/c1-7-2-10(14)11(4-9(7)13)16-6-8(5-15)3-12(16)17/h2,4,8H,3,5-6,15H2,1H3. The summed E-state index contributed by atoms with van der Waals surface area (Å²) in [5.41, 5.74) is 7.18. The maximum atomic E-state index is 11.9. The second kappa shape index (κ2) is 4.84. The zero-order valence-corrected chi connectivity index (χ0v) is 11.1. The largest absolute Gasteiger partial charge is 0.330 e. The monoisotopic (exact) mass is 272 g/mol. The summed E-state index contributed by atoms with van der Waals surface area (Å²) >= 11 is 12.2. The molecule has 0 saturated carbocycles. The van der Waals surface area contributed by atoms with E-state index in [0.29, 0.717) is 35.2 Å². The molecule has 0 spiro atoms. The van der Waals surface area contributed by atoms with E-state index in [0.717, 1.165) is 5.56 Å². The molecule has 0 aromatic heterocycles. The molecule has 1 aromatic carbocycles. The molecule has 3 nitrogen and oxygen atoms in total. The number of rotatable bonds is 2. The van der Waals surface area contributed by atoms with Crippen molar-refractivity contribution in [3.05, 3.63) is 27.7 Å². The van der Waals surface area contributed by atoms with Crippen molar-refractivity contribution in [1.29, 1.82) is 0 Å². The third kappa shape index (κ3) is 2.41. The highest BCUT2D eigenvalue weighted by Crippen LogP contribution is 2.34. The number of benzene rings is 1. The van der Waals surface area contributed by atoms with E-state index < -0.39 is 0 Å². The number of aryl methyl sites for hydroxylation is 1. The van der Waals surface area contributed by atoms with Crippen LogP contribution in [0.2, 0.25) is 10.0 Å². The van der Waals surface area contributed by atoms with Crippen LogP contribution in [0.5, 0.6) is 0 Å². The Morgan fingerprint density at radius 2 is 2.12 bits per heavy atom. The van der Waals surface area contributed by atoms with Crippen LogP contribution >= 0.6 is 23.2 Å². The molecule has 0 aliphatic carbocycles. The Balaban J connectivity index is 2.35. The van der Waals surface area contributed by atoms with Gasteiger partial charge in [0.05, 0.1) is 10.7 Å². The third-order valence-electron chi connectivity index (χ3n) is 3.06. The molecule has 1 atom stereocenters. The number of anilines is 1. The zero-order valence-electron chi connectivity index (χ0n) is 9.54. The average Bonchev–Trinajstić information content (AvgIpc) is 2.65. The highest BCUT2D eigenvalue weighted by Gasteiger charge is 2.31. The molecule has 17 heavy (non-hydrogen) atoms. The molecule has 1 aromatic rings. The summed E-state index contributed by atoms with van der Waals surface area (Å²) in [6.07, 6.45) is 0.484. The topological polar surface area (TPSA) is 46.3 Å². The molecular weight excluding hydrogens is 259 g/mol. The minimum absolute atomic E-state index is 0.0577. The lowest BCUT2D eigenvalue weighted by Crippen LogP contribution is -2.26. The molecule has 2 rings (SSSR count). The van der Waals surface area contributed by atoms with Gasteiger partial charge in [-0.25, -0.2) is 0 Å². The van der Waals surface area contributed by atoms with Crippen LogP contribution in [0.15, 0.2) is 12.1 Å². The summed E-state index contributed by atoms with van der Waals surface area (Å²) in [5.74, 6) is 0.265. The van der Waals surface area contributed by atoms with E-state index in [-0.39, 0.29) is 11.8 Å². The van der Waals surface area contributed by atoms with Gasteiger partial charge in [0, 0.05) is 18.0 Å². The van der Waals surface area contributed by atoms with Crippen LogP contribution in [-0.2, 0) is 4.79 Å². The van der Waals surface area contributed by atoms with Crippen molar-refractivity contribution in [1.82, 2.24) is 0 Å². The predicted octanol–water partition coefficient (Wildman–Crippen LogP) is 2.61. The number of nitrogens with two attached hydrogens (primary N) is 1. The van der Waals surface area contributed by atoms with E-state index in [4.69, 9.17) is 28.9 Å². The summed E-state index contributed by atoms with van der Waals surface area (Å²) in [4.78, 5) is 13.5. The maximum Gasteiger partial charge on any atom is 0.227 e. The molecule has 1 saturated heterocycles. The molecule has 5 heteroatoms. The van der Waals surface area contributed by atoms with Crippen LogP contribution in [-0.4, -0.2) is 19.0 Å². The van der Waals surface area contributed by atoms with Crippen molar-refractivity contribution in [3.63, 3.8) is 0 Å². The molecule has 0 bridgehead atoms. The summed E-state index contributed by atoms with van der Waals surface area (Å²) in [5, 5.41) is 1.17. The van der Waals surface area contributed by atoms with Gasteiger partial charge in [-0.15, -0.1) is 0 Å². The number of carbonyl (C=O) groups excluding carboxylic acids is 1. The predicted molar refractivity (Wildman–Crippen MR) is 70.7 cm³/mol. The van der Waals surface area contributed by atoms with E-state index in [2.05, 4.69) is 0 Å². The van der Waals surface area contributed by atoms with Crippen LogP contribution in [0.3, 0.4) is 0 Å². The van der Waals surface area contributed by atoms with Gasteiger partial charge in [-0.05, 0) is 37.1 Å². The fourth-order valence-electron chi connectivity index (χ4n) is 2.01. The number of hydrogen-bond donors (Lipinski definition) is 1. The molecular formula is C12H14Cl2N2O. The Morgan fingerprint density at radius 3 is 2.71 bits per heavy atom. The van der Waals surface area contributed by atoms with Gasteiger partial charge < -0.3 is 10.6 Å². The van der Waals surface area contributed by atoms with Crippen LogP contribution in [0.25, 0.3) is 0 Å². The smallest absolute Gasteiger partial charge is 0.227 e. The van der Waals surface area contributed by atoms with Crippen molar-refractivity contribution in [2.45, 2.75) is 13.3 Å². The molecule has 1 aliphatic heterocycles. The third-order valence-corrected chi connectivity index (χ3v) is 3.77. The number of hydrogen-bond acceptors (Lipinski definition) is 2. The van der Waals surface area contributed by atoms with E-state index in [1.54, 1.807) is 17.0 Å². The molecule has 1 aliphatic rings. The molecule has 0 radical (unpaired) electrons. The van der Waals surface area contributed by atoms with E-state index >= 15 is 0 Å². The minimum Gasteiger partial charge on any atom is -0.330 e. The first-order chi connectivity index (χ1) is 8.02. The Hall–Kier alpha value is -0.770. The first-order valence-electron chi connectivity index (χ1n) is 5.49. The number of carbonyl (C=O) groups is 1. The summed E-state index contributed by atoms with van der Waals surface area (Å²) in [6, 6.07) is 3.53. The van der Waals surface area contributed by atoms with Gasteiger partial charge in [0.15, 0.2) is 0 Å². The van der Waals surface area contributed by atoms with Crippen LogP contribution in [0.4, 0.5) is 5.69 Å². The highest BCUT2D eigenvalue weighted by atomic mass is 35.5. The summed E-state index contributed by atoms with van der Waals surface area (Å²) < 4.78 is 0. The lowest BCUT2D eigenvalue weighted by Gasteiger charge is -2.19. The van der Waals surface area contributed by atoms with Crippen LogP contribution in [0, 0.1) is 12.8 Å². The first kappa shape index (κ1) is 12.7. The number of nitrogens with zero attached hydrogens (tertiary/aromatic N) is 1. The maximum absolute atomic E-state index is 11.9. The van der Waals surface area contributed by atoms with Crippen molar-refractivity contribution in [2.75, 3.05) is 18.0 Å². The molecule has 1 unspecified atom stereocenters. The zero-order chi connectivity index (χ0) is 12.6. The van der Waals surface area contributed by atoms with Gasteiger partial charge in [0.25, 0.3) is 0 Å². The summed E-state index contributed by atoms with van der Waals surface area (Å²) in [6.45, 7) is 3.01. The van der Waals surface area contributed by atoms with Gasteiger partial charge >= 0.3 is 0 Å². The Kier molecular flexibility index (Phi) is 3.61. The highest BCUT2D eigenvalue weighted by molar-refractivity contribution is 6.36. The molecule has 1 amide bonds. The molecule has 2 N–H and O–H groups in total. The van der Waals surface area contributed by atoms with E-state index in [9.17, 15) is 4.79 Å².